The van der Waals surface area contributed by atoms with Crippen molar-refractivity contribution in [1.29, 1.82) is 0 Å². The van der Waals surface area contributed by atoms with Crippen LogP contribution in [0.1, 0.15) is 84.0 Å². The summed E-state index contributed by atoms with van der Waals surface area (Å²) in [5.41, 5.74) is 0. The fraction of sp³-hybridized carbons (Fsp3) is 0.800. The summed E-state index contributed by atoms with van der Waals surface area (Å²) in [6.45, 7) is 2.00. The van der Waals surface area contributed by atoms with E-state index in [2.05, 4.69) is 4.74 Å². The van der Waals surface area contributed by atoms with Gasteiger partial charge in [-0.3, -0.25) is 9.59 Å². The molecule has 0 bridgehead atoms. The topological polar surface area (TPSA) is 101 Å². The zero-order valence-corrected chi connectivity index (χ0v) is 18.8. The normalized spacial score (nSPS) is 17.7. The van der Waals surface area contributed by atoms with E-state index in [0.717, 1.165) is 38.5 Å². The second-order valence-electron chi connectivity index (χ2n) is 7.27. The molecule has 0 unspecified atom stereocenters. The molecular weight excluding hydrogens is 359 g/mol. The maximum atomic E-state index is 11.3. The van der Waals surface area contributed by atoms with Crippen LogP contribution in [-0.2, 0) is 23.9 Å². The molecule has 0 N–H and O–H groups in total. The van der Waals surface area contributed by atoms with E-state index < -0.39 is 17.7 Å². The minimum absolute atomic E-state index is 0. The van der Waals surface area contributed by atoms with E-state index in [1.165, 1.54) is 25.7 Å². The molecule has 2 aliphatic rings. The van der Waals surface area contributed by atoms with Crippen molar-refractivity contribution in [2.24, 2.45) is 11.8 Å². The largest absolute Gasteiger partial charge is 1.00 e. The summed E-state index contributed by atoms with van der Waals surface area (Å²) in [5.74, 6) is -2.55. The minimum Gasteiger partial charge on any atom is -0.542 e. The Bertz CT molecular complexity index is 479. The number of Topliss-reactive ketones (excluding diaryl/α,β-unsaturated/α-hetero) is 2. The van der Waals surface area contributed by atoms with Gasteiger partial charge in [0, 0.05) is 12.8 Å². The molecule has 0 heterocycles. The molecule has 7 heteroatoms. The summed E-state index contributed by atoms with van der Waals surface area (Å²) in [6, 6.07) is 0. The maximum Gasteiger partial charge on any atom is 1.00 e. The van der Waals surface area contributed by atoms with Gasteiger partial charge in [0.1, 0.15) is 5.97 Å². The monoisotopic (exact) mass is 390 g/mol. The number of carboxylic acid groups (broad SMARTS) is 1. The molecule has 0 aromatic heterocycles. The molecule has 0 saturated heterocycles. The van der Waals surface area contributed by atoms with Crippen molar-refractivity contribution in [2.45, 2.75) is 84.0 Å². The van der Waals surface area contributed by atoms with Crippen molar-refractivity contribution in [3.8, 4) is 0 Å². The number of hydrogen-bond donors (Lipinski definition) is 0. The van der Waals surface area contributed by atoms with E-state index in [9.17, 15) is 24.3 Å². The molecule has 2 fully saturated rings. The molecule has 0 atom stereocenters. The second-order valence-corrected chi connectivity index (χ2v) is 7.27. The van der Waals surface area contributed by atoms with Gasteiger partial charge in [-0.05, 0) is 18.8 Å². The Labute approximate surface area is 184 Å². The number of carbonyl (C=O) groups excluding carboxylic acids is 4. The van der Waals surface area contributed by atoms with Crippen molar-refractivity contribution < 1.29 is 58.6 Å². The minimum atomic E-state index is -1.53. The van der Waals surface area contributed by atoms with Crippen molar-refractivity contribution in [1.82, 2.24) is 0 Å². The van der Waals surface area contributed by atoms with Crippen molar-refractivity contribution in [3.63, 3.8) is 0 Å². The van der Waals surface area contributed by atoms with Crippen LogP contribution in [0.25, 0.3) is 0 Å². The van der Waals surface area contributed by atoms with Gasteiger partial charge in [-0.2, -0.15) is 0 Å². The molecule has 27 heavy (non-hydrogen) atoms. The van der Waals surface area contributed by atoms with Crippen LogP contribution in [-0.4, -0.2) is 30.1 Å². The van der Waals surface area contributed by atoms with Gasteiger partial charge in [0.05, 0.1) is 6.61 Å². The van der Waals surface area contributed by atoms with Crippen LogP contribution in [0, 0.1) is 11.8 Å². The van der Waals surface area contributed by atoms with Gasteiger partial charge < -0.3 is 14.6 Å². The molecule has 2 saturated carbocycles. The molecule has 0 aromatic carbocycles. The fourth-order valence-corrected chi connectivity index (χ4v) is 3.69. The number of hydrogen-bond acceptors (Lipinski definition) is 6. The summed E-state index contributed by atoms with van der Waals surface area (Å²) in [7, 11) is 0. The van der Waals surface area contributed by atoms with Crippen LogP contribution in [0.15, 0.2) is 0 Å². The van der Waals surface area contributed by atoms with Crippen LogP contribution >= 0.6 is 0 Å². The first-order chi connectivity index (χ1) is 12.4. The zero-order chi connectivity index (χ0) is 19.4. The first kappa shape index (κ1) is 26.3. The van der Waals surface area contributed by atoms with E-state index in [1.54, 1.807) is 6.92 Å². The smallest absolute Gasteiger partial charge is 0.542 e. The number of ketones is 2. The average Bonchev–Trinajstić information content (AvgIpc) is 2.64. The average molecular weight is 390 g/mol. The van der Waals surface area contributed by atoms with E-state index >= 15 is 0 Å². The van der Waals surface area contributed by atoms with Crippen LogP contribution in [0.2, 0.25) is 0 Å². The number of rotatable bonds is 7. The maximum absolute atomic E-state index is 11.3. The Morgan fingerprint density at radius 1 is 0.778 bits per heavy atom. The third kappa shape index (κ3) is 11.7. The summed E-state index contributed by atoms with van der Waals surface area (Å²) < 4.78 is 4.66. The summed E-state index contributed by atoms with van der Waals surface area (Å²) in [5, 5.41) is 10.1. The standard InChI is InChI=1S/C11H18O3.C9H14O3.Na/c1-2-14-11(13)10(12)8-9-6-4-3-5-7-9;10-8(9(11)12)6-7-4-2-1-3-5-7;/h9H,2-8H2,1H3;7H,1-6H2,(H,11,12);/q;;+1/p-1. The summed E-state index contributed by atoms with van der Waals surface area (Å²) >= 11 is 0. The molecule has 2 aliphatic carbocycles. The van der Waals surface area contributed by atoms with Crippen molar-refractivity contribution in [3.05, 3.63) is 0 Å². The first-order valence-corrected chi connectivity index (χ1v) is 9.88. The molecule has 148 valence electrons. The van der Waals surface area contributed by atoms with Gasteiger partial charge >= 0.3 is 35.5 Å². The van der Waals surface area contributed by atoms with Crippen LogP contribution in [0.5, 0.6) is 0 Å². The Morgan fingerprint density at radius 3 is 1.56 bits per heavy atom. The Morgan fingerprint density at radius 2 is 1.19 bits per heavy atom. The Kier molecular flexibility index (Phi) is 14.8. The zero-order valence-electron chi connectivity index (χ0n) is 16.8. The SMILES string of the molecule is CCOC(=O)C(=O)CC1CCCCC1.O=C([O-])C(=O)CC1CCCCC1.[Na+]. The van der Waals surface area contributed by atoms with Gasteiger partial charge in [-0.1, -0.05) is 64.2 Å². The molecule has 6 nitrogen and oxygen atoms in total. The van der Waals surface area contributed by atoms with Crippen LogP contribution in [0.4, 0.5) is 0 Å². The quantitative estimate of drug-likeness (QED) is 0.326. The first-order valence-electron chi connectivity index (χ1n) is 9.88. The van der Waals surface area contributed by atoms with Gasteiger partial charge in [0.2, 0.25) is 5.78 Å². The molecule has 0 aliphatic heterocycles. The third-order valence-corrected chi connectivity index (χ3v) is 5.13. The predicted octanol–water partition coefficient (Wildman–Crippen LogP) is -0.631. The fourth-order valence-electron chi connectivity index (χ4n) is 3.69. The van der Waals surface area contributed by atoms with Gasteiger partial charge in [0.15, 0.2) is 5.78 Å². The molecular formula is C20H31NaO6. The number of esters is 1. The van der Waals surface area contributed by atoms with E-state index in [0.29, 0.717) is 18.3 Å². The van der Waals surface area contributed by atoms with Gasteiger partial charge in [-0.15, -0.1) is 0 Å². The third-order valence-electron chi connectivity index (χ3n) is 5.13. The number of carboxylic acids is 1. The number of carbonyl (C=O) groups is 4. The van der Waals surface area contributed by atoms with E-state index in [1.807, 2.05) is 0 Å². The van der Waals surface area contributed by atoms with Crippen LogP contribution in [0.3, 0.4) is 0 Å². The van der Waals surface area contributed by atoms with Crippen molar-refractivity contribution in [2.75, 3.05) is 6.61 Å². The number of ether oxygens (including phenoxy) is 1. The van der Waals surface area contributed by atoms with Crippen LogP contribution < -0.4 is 34.7 Å². The molecule has 0 amide bonds. The second kappa shape index (κ2) is 15.2. The Hall–Kier alpha value is -0.720. The molecule has 2 rings (SSSR count). The van der Waals surface area contributed by atoms with Gasteiger partial charge in [-0.25, -0.2) is 4.79 Å². The molecule has 0 radical (unpaired) electrons. The van der Waals surface area contributed by atoms with E-state index in [4.69, 9.17) is 0 Å². The summed E-state index contributed by atoms with van der Waals surface area (Å²) in [6.07, 6.45) is 11.9. The summed E-state index contributed by atoms with van der Waals surface area (Å²) in [4.78, 5) is 43.2. The molecule has 0 spiro atoms. The Balaban J connectivity index is 0.000000488. The van der Waals surface area contributed by atoms with Crippen molar-refractivity contribution >= 4 is 23.5 Å². The molecule has 0 aromatic rings. The predicted molar refractivity (Wildman–Crippen MR) is 94.0 cm³/mol. The van der Waals surface area contributed by atoms with E-state index in [-0.39, 0.29) is 48.4 Å². The van der Waals surface area contributed by atoms with Gasteiger partial charge in [0.25, 0.3) is 0 Å². The number of aliphatic carboxylic acids is 1.